The summed E-state index contributed by atoms with van der Waals surface area (Å²) < 4.78 is 1.11. The van der Waals surface area contributed by atoms with E-state index in [0.29, 0.717) is 0 Å². The van der Waals surface area contributed by atoms with Crippen LogP contribution in [0.5, 0.6) is 0 Å². The zero-order chi connectivity index (χ0) is 12.5. The number of aryl methyl sites for hydroxylation is 2. The Morgan fingerprint density at radius 2 is 1.78 bits per heavy atom. The fourth-order valence-corrected chi connectivity index (χ4v) is 3.32. The molecule has 0 bridgehead atoms. The molecule has 0 saturated carbocycles. The van der Waals surface area contributed by atoms with E-state index in [2.05, 4.69) is 40.8 Å². The van der Waals surface area contributed by atoms with Crippen LogP contribution in [-0.2, 0) is 12.8 Å². The molecule has 3 rings (SSSR count). The molecule has 92 valence electrons. The van der Waals surface area contributed by atoms with Crippen molar-refractivity contribution in [1.82, 2.24) is 0 Å². The summed E-state index contributed by atoms with van der Waals surface area (Å²) in [4.78, 5) is 0. The van der Waals surface area contributed by atoms with Gasteiger partial charge in [-0.3, -0.25) is 0 Å². The fraction of sp³-hybridized carbons (Fsp3) is 0.250. The smallest absolute Gasteiger partial charge is 0.105 e. The van der Waals surface area contributed by atoms with Crippen LogP contribution in [0.25, 0.3) is 0 Å². The molecular formula is C16H15IO. The third-order valence-corrected chi connectivity index (χ3v) is 4.62. The minimum absolute atomic E-state index is 0.510. The second-order valence-electron chi connectivity index (χ2n) is 4.81. The molecular weight excluding hydrogens is 335 g/mol. The number of hydrogen-bond donors (Lipinski definition) is 1. The van der Waals surface area contributed by atoms with Crippen LogP contribution in [0.2, 0.25) is 0 Å². The second kappa shape index (κ2) is 5.02. The molecule has 1 atom stereocenters. The molecule has 1 unspecified atom stereocenters. The Morgan fingerprint density at radius 3 is 2.61 bits per heavy atom. The van der Waals surface area contributed by atoms with E-state index in [4.69, 9.17) is 0 Å². The molecule has 1 aliphatic carbocycles. The number of rotatable bonds is 2. The molecule has 0 aliphatic heterocycles. The van der Waals surface area contributed by atoms with E-state index < -0.39 is 6.10 Å². The standard InChI is InChI=1S/C16H15IO/c17-15-7-2-1-6-14(15)16(18)13-9-8-11-4-3-5-12(11)10-13/h1-2,6-10,16,18H,3-5H2. The van der Waals surface area contributed by atoms with Gasteiger partial charge in [0.05, 0.1) is 0 Å². The lowest BCUT2D eigenvalue weighted by Gasteiger charge is -2.14. The average Bonchev–Trinajstić information content (AvgIpc) is 2.85. The lowest BCUT2D eigenvalue weighted by Crippen LogP contribution is -2.02. The van der Waals surface area contributed by atoms with Crippen LogP contribution in [0, 0.1) is 3.57 Å². The van der Waals surface area contributed by atoms with Crippen LogP contribution >= 0.6 is 22.6 Å². The summed E-state index contributed by atoms with van der Waals surface area (Å²) in [7, 11) is 0. The van der Waals surface area contributed by atoms with Crippen LogP contribution in [-0.4, -0.2) is 5.11 Å². The summed E-state index contributed by atoms with van der Waals surface area (Å²) in [6.45, 7) is 0. The van der Waals surface area contributed by atoms with Crippen LogP contribution in [0.3, 0.4) is 0 Å². The van der Waals surface area contributed by atoms with Gasteiger partial charge < -0.3 is 5.11 Å². The van der Waals surface area contributed by atoms with Gasteiger partial charge in [-0.1, -0.05) is 36.4 Å². The lowest BCUT2D eigenvalue weighted by atomic mass is 9.98. The maximum atomic E-state index is 10.5. The summed E-state index contributed by atoms with van der Waals surface area (Å²) in [6, 6.07) is 14.4. The molecule has 2 heteroatoms. The highest BCUT2D eigenvalue weighted by Gasteiger charge is 2.16. The number of aliphatic hydroxyl groups is 1. The third-order valence-electron chi connectivity index (χ3n) is 3.64. The van der Waals surface area contributed by atoms with Gasteiger partial charge in [-0.2, -0.15) is 0 Å². The molecule has 18 heavy (non-hydrogen) atoms. The molecule has 0 amide bonds. The Kier molecular flexibility index (Phi) is 3.39. The van der Waals surface area contributed by atoms with Gasteiger partial charge in [-0.05, 0) is 70.2 Å². The topological polar surface area (TPSA) is 20.2 Å². The fourth-order valence-electron chi connectivity index (χ4n) is 2.64. The van der Waals surface area contributed by atoms with Crippen molar-refractivity contribution in [2.75, 3.05) is 0 Å². The number of hydrogen-bond acceptors (Lipinski definition) is 1. The van der Waals surface area contributed by atoms with E-state index in [1.165, 1.54) is 24.0 Å². The summed E-state index contributed by atoms with van der Waals surface area (Å²) in [5.74, 6) is 0. The molecule has 0 radical (unpaired) electrons. The Balaban J connectivity index is 1.98. The van der Waals surface area contributed by atoms with E-state index >= 15 is 0 Å². The average molecular weight is 350 g/mol. The van der Waals surface area contributed by atoms with Crippen molar-refractivity contribution >= 4 is 22.6 Å². The van der Waals surface area contributed by atoms with E-state index in [0.717, 1.165) is 21.1 Å². The van der Waals surface area contributed by atoms with E-state index in [-0.39, 0.29) is 0 Å². The molecule has 1 aliphatic rings. The normalized spacial score (nSPS) is 15.4. The first-order valence-corrected chi connectivity index (χ1v) is 7.38. The Hall–Kier alpha value is -0.870. The van der Waals surface area contributed by atoms with Gasteiger partial charge in [0, 0.05) is 3.57 Å². The third kappa shape index (κ3) is 2.19. The molecule has 2 aromatic carbocycles. The van der Waals surface area contributed by atoms with Crippen molar-refractivity contribution in [1.29, 1.82) is 0 Å². The zero-order valence-corrected chi connectivity index (χ0v) is 12.2. The largest absolute Gasteiger partial charge is 0.384 e. The highest BCUT2D eigenvalue weighted by molar-refractivity contribution is 14.1. The minimum atomic E-state index is -0.510. The van der Waals surface area contributed by atoms with Gasteiger partial charge in [-0.15, -0.1) is 0 Å². The molecule has 2 aromatic rings. The van der Waals surface area contributed by atoms with Crippen LogP contribution < -0.4 is 0 Å². The van der Waals surface area contributed by atoms with Crippen molar-refractivity contribution in [3.63, 3.8) is 0 Å². The molecule has 0 fully saturated rings. The van der Waals surface area contributed by atoms with Crippen molar-refractivity contribution < 1.29 is 5.11 Å². The van der Waals surface area contributed by atoms with Crippen molar-refractivity contribution in [3.8, 4) is 0 Å². The molecule has 0 aromatic heterocycles. The Morgan fingerprint density at radius 1 is 1.00 bits per heavy atom. The monoisotopic (exact) mass is 350 g/mol. The number of benzene rings is 2. The summed E-state index contributed by atoms with van der Waals surface area (Å²) in [6.07, 6.45) is 3.08. The van der Waals surface area contributed by atoms with Gasteiger partial charge in [-0.25, -0.2) is 0 Å². The summed E-state index contributed by atoms with van der Waals surface area (Å²) in [5, 5.41) is 10.5. The Bertz CT molecular complexity index is 577. The molecule has 0 heterocycles. The highest BCUT2D eigenvalue weighted by atomic mass is 127. The molecule has 1 nitrogen and oxygen atoms in total. The van der Waals surface area contributed by atoms with E-state index in [1.807, 2.05) is 24.3 Å². The predicted molar refractivity (Wildman–Crippen MR) is 81.7 cm³/mol. The summed E-state index contributed by atoms with van der Waals surface area (Å²) >= 11 is 2.28. The minimum Gasteiger partial charge on any atom is -0.384 e. The van der Waals surface area contributed by atoms with Gasteiger partial charge in [0.1, 0.15) is 6.10 Å². The maximum absolute atomic E-state index is 10.5. The maximum Gasteiger partial charge on any atom is 0.105 e. The van der Waals surface area contributed by atoms with Crippen LogP contribution in [0.4, 0.5) is 0 Å². The molecule has 1 N–H and O–H groups in total. The number of fused-ring (bicyclic) bond motifs is 1. The Labute approximate surface area is 121 Å². The van der Waals surface area contributed by atoms with Crippen LogP contribution in [0.1, 0.15) is 34.8 Å². The van der Waals surface area contributed by atoms with Crippen LogP contribution in [0.15, 0.2) is 42.5 Å². The van der Waals surface area contributed by atoms with Crippen molar-refractivity contribution in [2.24, 2.45) is 0 Å². The molecule has 0 saturated heterocycles. The predicted octanol–water partition coefficient (Wildman–Crippen LogP) is 3.86. The van der Waals surface area contributed by atoms with Gasteiger partial charge in [0.2, 0.25) is 0 Å². The first kappa shape index (κ1) is 12.2. The van der Waals surface area contributed by atoms with E-state index in [9.17, 15) is 5.11 Å². The summed E-state index contributed by atoms with van der Waals surface area (Å²) in [5.41, 5.74) is 4.88. The molecule has 0 spiro atoms. The number of aliphatic hydroxyl groups excluding tert-OH is 1. The first-order valence-electron chi connectivity index (χ1n) is 6.30. The lowest BCUT2D eigenvalue weighted by molar-refractivity contribution is 0.219. The van der Waals surface area contributed by atoms with Gasteiger partial charge in [0.25, 0.3) is 0 Å². The SMILES string of the molecule is OC(c1ccc2c(c1)CCC2)c1ccccc1I. The zero-order valence-electron chi connectivity index (χ0n) is 10.1. The van der Waals surface area contributed by atoms with Gasteiger partial charge in [0.15, 0.2) is 0 Å². The van der Waals surface area contributed by atoms with Gasteiger partial charge >= 0.3 is 0 Å². The highest BCUT2D eigenvalue weighted by Crippen LogP contribution is 2.30. The number of halogens is 1. The second-order valence-corrected chi connectivity index (χ2v) is 5.97. The van der Waals surface area contributed by atoms with Crippen molar-refractivity contribution in [3.05, 3.63) is 68.3 Å². The van der Waals surface area contributed by atoms with E-state index in [1.54, 1.807) is 0 Å². The first-order chi connectivity index (χ1) is 8.75. The van der Waals surface area contributed by atoms with Crippen molar-refractivity contribution in [2.45, 2.75) is 25.4 Å². The quantitative estimate of drug-likeness (QED) is 0.816.